The maximum absolute atomic E-state index is 12.4. The third-order valence-corrected chi connectivity index (χ3v) is 3.90. The highest BCUT2D eigenvalue weighted by Gasteiger charge is 2.32. The lowest BCUT2D eigenvalue weighted by Crippen LogP contribution is -2.37. The molecule has 0 saturated heterocycles. The van der Waals surface area contributed by atoms with E-state index in [2.05, 4.69) is 6.92 Å². The summed E-state index contributed by atoms with van der Waals surface area (Å²) in [6.45, 7) is 5.17. The first kappa shape index (κ1) is 14.3. The normalized spacial score (nSPS) is 11.8. The summed E-state index contributed by atoms with van der Waals surface area (Å²) in [4.78, 5) is 23.8. The molecular formula is C16H19NO3. The summed E-state index contributed by atoms with van der Waals surface area (Å²) >= 11 is 0. The fraction of sp³-hybridized carbons (Fsp3) is 0.375. The van der Waals surface area contributed by atoms with E-state index in [1.54, 1.807) is 27.0 Å². The van der Waals surface area contributed by atoms with Gasteiger partial charge in [0.15, 0.2) is 0 Å². The van der Waals surface area contributed by atoms with Crippen LogP contribution in [-0.4, -0.2) is 15.6 Å². The summed E-state index contributed by atoms with van der Waals surface area (Å²) in [6.07, 6.45) is 0.899. The third kappa shape index (κ3) is 2.11. The molecule has 0 radical (unpaired) electrons. The van der Waals surface area contributed by atoms with E-state index < -0.39 is 11.4 Å². The van der Waals surface area contributed by atoms with Gasteiger partial charge < -0.3 is 9.67 Å². The van der Waals surface area contributed by atoms with Crippen molar-refractivity contribution in [2.75, 3.05) is 0 Å². The van der Waals surface area contributed by atoms with Crippen LogP contribution in [0.15, 0.2) is 29.1 Å². The lowest BCUT2D eigenvalue weighted by Gasteiger charge is -2.20. The molecule has 4 nitrogen and oxygen atoms in total. The Morgan fingerprint density at radius 3 is 2.50 bits per heavy atom. The molecule has 0 saturated carbocycles. The van der Waals surface area contributed by atoms with Gasteiger partial charge in [0.25, 0.3) is 5.56 Å². The lowest BCUT2D eigenvalue weighted by atomic mass is 9.85. The van der Waals surface area contributed by atoms with Gasteiger partial charge in [-0.2, -0.15) is 0 Å². The Morgan fingerprint density at radius 2 is 1.95 bits per heavy atom. The molecule has 4 heteroatoms. The molecule has 20 heavy (non-hydrogen) atoms. The molecule has 0 bridgehead atoms. The number of nitrogens with zero attached hydrogens (tertiary/aromatic N) is 1. The highest BCUT2D eigenvalue weighted by molar-refractivity contribution is 5.85. The Morgan fingerprint density at radius 1 is 1.30 bits per heavy atom. The Labute approximate surface area is 117 Å². The average Bonchev–Trinajstić information content (AvgIpc) is 2.41. The fourth-order valence-electron chi connectivity index (χ4n) is 2.32. The van der Waals surface area contributed by atoms with Gasteiger partial charge in [-0.25, -0.2) is 0 Å². The SMILES string of the molecule is CCc1ccc2c(c1)cc(C(C)(C)C(=O)O)c(=O)n2C. The maximum atomic E-state index is 12.4. The van der Waals surface area contributed by atoms with Crippen LogP contribution in [0.25, 0.3) is 10.9 Å². The topological polar surface area (TPSA) is 59.3 Å². The molecule has 0 spiro atoms. The number of hydrogen-bond acceptors (Lipinski definition) is 2. The number of aryl methyl sites for hydroxylation is 2. The molecule has 0 fully saturated rings. The van der Waals surface area contributed by atoms with Gasteiger partial charge >= 0.3 is 5.97 Å². The van der Waals surface area contributed by atoms with Crippen molar-refractivity contribution in [3.05, 3.63) is 45.7 Å². The highest BCUT2D eigenvalue weighted by atomic mass is 16.4. The van der Waals surface area contributed by atoms with E-state index >= 15 is 0 Å². The van der Waals surface area contributed by atoms with Crippen molar-refractivity contribution in [2.24, 2.45) is 7.05 Å². The van der Waals surface area contributed by atoms with Crippen LogP contribution in [0.3, 0.4) is 0 Å². The molecular weight excluding hydrogens is 254 g/mol. The monoisotopic (exact) mass is 273 g/mol. The number of carboxylic acid groups (broad SMARTS) is 1. The minimum atomic E-state index is -1.20. The van der Waals surface area contributed by atoms with Crippen molar-refractivity contribution < 1.29 is 9.90 Å². The second-order valence-corrected chi connectivity index (χ2v) is 5.60. The van der Waals surface area contributed by atoms with Gasteiger partial charge in [-0.05, 0) is 49.4 Å². The quantitative estimate of drug-likeness (QED) is 0.934. The molecule has 0 aliphatic carbocycles. The van der Waals surface area contributed by atoms with Gasteiger partial charge in [-0.15, -0.1) is 0 Å². The molecule has 1 N–H and O–H groups in total. The number of fused-ring (bicyclic) bond motifs is 1. The Bertz CT molecular complexity index is 741. The van der Waals surface area contributed by atoms with Crippen molar-refractivity contribution >= 4 is 16.9 Å². The van der Waals surface area contributed by atoms with Crippen molar-refractivity contribution in [2.45, 2.75) is 32.6 Å². The number of aromatic nitrogens is 1. The standard InChI is InChI=1S/C16H19NO3/c1-5-10-6-7-13-11(8-10)9-12(14(18)17(13)4)16(2,3)15(19)20/h6-9H,5H2,1-4H3,(H,19,20). The summed E-state index contributed by atoms with van der Waals surface area (Å²) < 4.78 is 1.52. The molecule has 0 amide bonds. The van der Waals surface area contributed by atoms with Crippen molar-refractivity contribution in [1.29, 1.82) is 0 Å². The number of carboxylic acids is 1. The van der Waals surface area contributed by atoms with Gasteiger partial charge in [0.05, 0.1) is 10.9 Å². The summed E-state index contributed by atoms with van der Waals surface area (Å²) in [7, 11) is 1.68. The molecule has 106 valence electrons. The molecule has 0 aliphatic rings. The minimum absolute atomic E-state index is 0.255. The van der Waals surface area contributed by atoms with Crippen LogP contribution in [0.5, 0.6) is 0 Å². The highest BCUT2D eigenvalue weighted by Crippen LogP contribution is 2.24. The minimum Gasteiger partial charge on any atom is -0.481 e. The summed E-state index contributed by atoms with van der Waals surface area (Å²) in [6, 6.07) is 7.62. The predicted octanol–water partition coefficient (Wildman–Crippen LogP) is 2.46. The van der Waals surface area contributed by atoms with Gasteiger partial charge in [-0.1, -0.05) is 13.0 Å². The van der Waals surface area contributed by atoms with Crippen LogP contribution in [0.2, 0.25) is 0 Å². The maximum Gasteiger partial charge on any atom is 0.313 e. The summed E-state index contributed by atoms with van der Waals surface area (Å²) in [5.74, 6) is -0.999. The van der Waals surface area contributed by atoms with Crippen LogP contribution >= 0.6 is 0 Å². The molecule has 1 aromatic carbocycles. The zero-order valence-corrected chi connectivity index (χ0v) is 12.2. The number of rotatable bonds is 3. The third-order valence-electron chi connectivity index (χ3n) is 3.90. The first-order valence-corrected chi connectivity index (χ1v) is 6.65. The Hall–Kier alpha value is -2.10. The number of aliphatic carboxylic acids is 1. The second-order valence-electron chi connectivity index (χ2n) is 5.60. The van der Waals surface area contributed by atoms with E-state index in [1.165, 1.54) is 4.57 Å². The zero-order valence-electron chi connectivity index (χ0n) is 12.2. The summed E-state index contributed by atoms with van der Waals surface area (Å²) in [5.41, 5.74) is 0.834. The van der Waals surface area contributed by atoms with E-state index in [-0.39, 0.29) is 5.56 Å². The van der Waals surface area contributed by atoms with Gasteiger partial charge in [0.1, 0.15) is 0 Å². The zero-order chi connectivity index (χ0) is 15.1. The molecule has 0 atom stereocenters. The molecule has 2 rings (SSSR count). The van der Waals surface area contributed by atoms with E-state index in [1.807, 2.05) is 18.2 Å². The van der Waals surface area contributed by atoms with E-state index in [9.17, 15) is 14.7 Å². The number of hydrogen-bond donors (Lipinski definition) is 1. The van der Waals surface area contributed by atoms with E-state index in [0.29, 0.717) is 5.56 Å². The Kier molecular flexibility index (Phi) is 3.42. The lowest BCUT2D eigenvalue weighted by molar-refractivity contribution is -0.142. The summed E-state index contributed by atoms with van der Waals surface area (Å²) in [5, 5.41) is 10.2. The van der Waals surface area contributed by atoms with Crippen LogP contribution in [-0.2, 0) is 23.7 Å². The first-order chi connectivity index (χ1) is 9.28. The van der Waals surface area contributed by atoms with Crippen molar-refractivity contribution in [3.63, 3.8) is 0 Å². The number of carbonyl (C=O) groups is 1. The van der Waals surface area contributed by atoms with Crippen molar-refractivity contribution in [3.8, 4) is 0 Å². The Balaban J connectivity index is 2.84. The van der Waals surface area contributed by atoms with Gasteiger partial charge in [0, 0.05) is 12.6 Å². The molecule has 0 aliphatic heterocycles. The molecule has 0 unspecified atom stereocenters. The largest absolute Gasteiger partial charge is 0.481 e. The molecule has 1 aromatic heterocycles. The fourth-order valence-corrected chi connectivity index (χ4v) is 2.32. The van der Waals surface area contributed by atoms with Crippen molar-refractivity contribution in [1.82, 2.24) is 4.57 Å². The molecule has 2 aromatic rings. The van der Waals surface area contributed by atoms with Crippen LogP contribution in [0.1, 0.15) is 31.9 Å². The van der Waals surface area contributed by atoms with Gasteiger partial charge in [0.2, 0.25) is 0 Å². The first-order valence-electron chi connectivity index (χ1n) is 6.65. The average molecular weight is 273 g/mol. The predicted molar refractivity (Wildman–Crippen MR) is 79.2 cm³/mol. The van der Waals surface area contributed by atoms with Gasteiger partial charge in [-0.3, -0.25) is 9.59 Å². The number of benzene rings is 1. The smallest absolute Gasteiger partial charge is 0.313 e. The molecule has 1 heterocycles. The van der Waals surface area contributed by atoms with E-state index in [4.69, 9.17) is 0 Å². The van der Waals surface area contributed by atoms with Crippen LogP contribution < -0.4 is 5.56 Å². The van der Waals surface area contributed by atoms with Crippen LogP contribution in [0, 0.1) is 0 Å². The van der Waals surface area contributed by atoms with E-state index in [0.717, 1.165) is 22.9 Å². The van der Waals surface area contributed by atoms with Crippen LogP contribution in [0.4, 0.5) is 0 Å². The second kappa shape index (κ2) is 4.78. The number of pyridine rings is 1.